The van der Waals surface area contributed by atoms with Gasteiger partial charge in [0.2, 0.25) is 5.91 Å². The predicted octanol–water partition coefficient (Wildman–Crippen LogP) is -0.476. The highest BCUT2D eigenvalue weighted by Crippen LogP contribution is 2.20. The molecule has 114 valence electrons. The van der Waals surface area contributed by atoms with Gasteiger partial charge < -0.3 is 25.8 Å². The molecular weight excluding hydrogens is 266 g/mol. The SMILES string of the molecule is CC1CN(C(=O)N[C@@H](CC(N)=O)C(=O)O)CC(C)(C)O1. The van der Waals surface area contributed by atoms with Crippen LogP contribution >= 0.6 is 0 Å². The molecular formula is C12H21N3O5. The Balaban J connectivity index is 2.68. The molecule has 20 heavy (non-hydrogen) atoms. The predicted molar refractivity (Wildman–Crippen MR) is 70.0 cm³/mol. The van der Waals surface area contributed by atoms with Crippen LogP contribution in [0.4, 0.5) is 4.79 Å². The molecule has 1 saturated heterocycles. The first kappa shape index (κ1) is 16.2. The Morgan fingerprint density at radius 2 is 2.10 bits per heavy atom. The number of aliphatic carboxylic acids is 1. The third-order valence-corrected chi connectivity index (χ3v) is 2.86. The minimum Gasteiger partial charge on any atom is -0.480 e. The highest BCUT2D eigenvalue weighted by Gasteiger charge is 2.35. The van der Waals surface area contributed by atoms with E-state index in [1.807, 2.05) is 20.8 Å². The highest BCUT2D eigenvalue weighted by molar-refractivity contribution is 5.87. The van der Waals surface area contributed by atoms with E-state index in [1.54, 1.807) is 0 Å². The molecule has 1 fully saturated rings. The molecule has 0 bridgehead atoms. The molecule has 0 aromatic heterocycles. The minimum atomic E-state index is -1.32. The van der Waals surface area contributed by atoms with Gasteiger partial charge in [-0.15, -0.1) is 0 Å². The summed E-state index contributed by atoms with van der Waals surface area (Å²) in [5.74, 6) is -2.08. The Hall–Kier alpha value is -1.83. The Bertz CT molecular complexity index is 410. The molecule has 1 aliphatic rings. The van der Waals surface area contributed by atoms with E-state index in [4.69, 9.17) is 15.6 Å². The summed E-state index contributed by atoms with van der Waals surface area (Å²) in [6.07, 6.45) is -0.589. The molecule has 2 atom stereocenters. The number of carboxylic acids is 1. The fraction of sp³-hybridized carbons (Fsp3) is 0.750. The first-order valence-electron chi connectivity index (χ1n) is 6.35. The van der Waals surface area contributed by atoms with Crippen molar-refractivity contribution in [3.05, 3.63) is 0 Å². The Morgan fingerprint density at radius 1 is 1.50 bits per heavy atom. The van der Waals surface area contributed by atoms with Gasteiger partial charge in [0.15, 0.2) is 0 Å². The number of amides is 3. The van der Waals surface area contributed by atoms with Crippen molar-refractivity contribution in [1.82, 2.24) is 10.2 Å². The van der Waals surface area contributed by atoms with Crippen LogP contribution in [-0.4, -0.2) is 58.8 Å². The Kier molecular flexibility index (Phi) is 4.93. The van der Waals surface area contributed by atoms with Gasteiger partial charge >= 0.3 is 12.0 Å². The van der Waals surface area contributed by atoms with Gasteiger partial charge in [0, 0.05) is 6.54 Å². The molecule has 0 spiro atoms. The van der Waals surface area contributed by atoms with Crippen LogP contribution < -0.4 is 11.1 Å². The highest BCUT2D eigenvalue weighted by atomic mass is 16.5. The molecule has 0 radical (unpaired) electrons. The van der Waals surface area contributed by atoms with Crippen LogP contribution in [0.2, 0.25) is 0 Å². The third kappa shape index (κ3) is 4.69. The lowest BCUT2D eigenvalue weighted by Gasteiger charge is -2.41. The van der Waals surface area contributed by atoms with Crippen LogP contribution in [0, 0.1) is 0 Å². The number of morpholine rings is 1. The lowest BCUT2D eigenvalue weighted by molar-refractivity contribution is -0.141. The van der Waals surface area contributed by atoms with Crippen LogP contribution in [0.1, 0.15) is 27.2 Å². The largest absolute Gasteiger partial charge is 0.480 e. The van der Waals surface area contributed by atoms with E-state index in [0.29, 0.717) is 13.1 Å². The normalized spacial score (nSPS) is 22.9. The van der Waals surface area contributed by atoms with Crippen molar-refractivity contribution >= 4 is 17.9 Å². The van der Waals surface area contributed by atoms with Gasteiger partial charge in [0.1, 0.15) is 6.04 Å². The van der Waals surface area contributed by atoms with Crippen LogP contribution in [0.25, 0.3) is 0 Å². The van der Waals surface area contributed by atoms with Crippen molar-refractivity contribution in [3.63, 3.8) is 0 Å². The number of hydrogen-bond donors (Lipinski definition) is 3. The Morgan fingerprint density at radius 3 is 2.55 bits per heavy atom. The van der Waals surface area contributed by atoms with Crippen LogP contribution in [-0.2, 0) is 14.3 Å². The summed E-state index contributed by atoms with van der Waals surface area (Å²) in [6.45, 7) is 6.23. The summed E-state index contributed by atoms with van der Waals surface area (Å²) < 4.78 is 5.66. The number of ether oxygens (including phenoxy) is 1. The maximum Gasteiger partial charge on any atom is 0.326 e. The molecule has 1 rings (SSSR count). The van der Waals surface area contributed by atoms with Gasteiger partial charge in [-0.3, -0.25) is 4.79 Å². The quantitative estimate of drug-likeness (QED) is 0.645. The lowest BCUT2D eigenvalue weighted by atomic mass is 10.1. The molecule has 0 aliphatic carbocycles. The van der Waals surface area contributed by atoms with E-state index in [-0.39, 0.29) is 6.10 Å². The molecule has 8 heteroatoms. The first-order valence-corrected chi connectivity index (χ1v) is 6.35. The number of nitrogens with two attached hydrogens (primary N) is 1. The second kappa shape index (κ2) is 6.08. The number of primary amides is 1. The summed E-state index contributed by atoms with van der Waals surface area (Å²) in [5, 5.41) is 11.3. The number of carbonyl (C=O) groups excluding carboxylic acids is 2. The minimum absolute atomic E-state index is 0.149. The number of carboxylic acid groups (broad SMARTS) is 1. The van der Waals surface area contributed by atoms with Crippen LogP contribution in [0.3, 0.4) is 0 Å². The van der Waals surface area contributed by atoms with Gasteiger partial charge in [-0.25, -0.2) is 9.59 Å². The fourth-order valence-corrected chi connectivity index (χ4v) is 2.25. The van der Waals surface area contributed by atoms with Gasteiger partial charge in [0.25, 0.3) is 0 Å². The van der Waals surface area contributed by atoms with E-state index < -0.39 is 36.0 Å². The number of urea groups is 1. The molecule has 0 aromatic rings. The Labute approximate surface area is 117 Å². The summed E-state index contributed by atoms with van der Waals surface area (Å²) in [7, 11) is 0. The topological polar surface area (TPSA) is 122 Å². The molecule has 4 N–H and O–H groups in total. The number of nitrogens with one attached hydrogen (secondary N) is 1. The van der Waals surface area contributed by atoms with E-state index in [1.165, 1.54) is 4.90 Å². The summed E-state index contributed by atoms with van der Waals surface area (Å²) >= 11 is 0. The van der Waals surface area contributed by atoms with Gasteiger partial charge in [-0.05, 0) is 20.8 Å². The van der Waals surface area contributed by atoms with E-state index in [9.17, 15) is 14.4 Å². The van der Waals surface area contributed by atoms with Gasteiger partial charge in [-0.2, -0.15) is 0 Å². The standard InChI is InChI=1S/C12H21N3O5/c1-7-5-15(6-12(2,3)20-7)11(19)14-8(10(17)18)4-9(13)16/h7-8H,4-6H2,1-3H3,(H2,13,16)(H,14,19)(H,17,18)/t7?,8-/m0/s1. The number of nitrogens with zero attached hydrogens (tertiary/aromatic N) is 1. The monoisotopic (exact) mass is 287 g/mol. The molecule has 0 saturated carbocycles. The first-order chi connectivity index (χ1) is 9.10. The summed E-state index contributed by atoms with van der Waals surface area (Å²) in [4.78, 5) is 35.3. The average Bonchev–Trinajstić information content (AvgIpc) is 2.24. The second-order valence-electron chi connectivity index (χ2n) is 5.58. The van der Waals surface area contributed by atoms with Crippen molar-refractivity contribution in [1.29, 1.82) is 0 Å². The average molecular weight is 287 g/mol. The summed E-state index contributed by atoms with van der Waals surface area (Å²) in [6, 6.07) is -1.86. The lowest BCUT2D eigenvalue weighted by Crippen LogP contribution is -2.58. The zero-order valence-electron chi connectivity index (χ0n) is 11.9. The molecule has 3 amide bonds. The van der Waals surface area contributed by atoms with Crippen molar-refractivity contribution < 1.29 is 24.2 Å². The zero-order valence-corrected chi connectivity index (χ0v) is 11.9. The van der Waals surface area contributed by atoms with Crippen molar-refractivity contribution in [2.45, 2.75) is 44.9 Å². The molecule has 0 aromatic carbocycles. The molecule has 1 aliphatic heterocycles. The number of carbonyl (C=O) groups is 3. The van der Waals surface area contributed by atoms with E-state index in [0.717, 1.165) is 0 Å². The van der Waals surface area contributed by atoms with E-state index in [2.05, 4.69) is 5.32 Å². The molecule has 8 nitrogen and oxygen atoms in total. The van der Waals surface area contributed by atoms with Gasteiger partial charge in [0.05, 0.1) is 24.7 Å². The molecule has 1 unspecified atom stereocenters. The molecule has 1 heterocycles. The van der Waals surface area contributed by atoms with Crippen LogP contribution in [0.15, 0.2) is 0 Å². The fourth-order valence-electron chi connectivity index (χ4n) is 2.25. The van der Waals surface area contributed by atoms with Gasteiger partial charge in [-0.1, -0.05) is 0 Å². The number of hydrogen-bond acceptors (Lipinski definition) is 4. The second-order valence-corrected chi connectivity index (χ2v) is 5.58. The third-order valence-electron chi connectivity index (χ3n) is 2.86. The maximum absolute atomic E-state index is 12.1. The van der Waals surface area contributed by atoms with E-state index >= 15 is 0 Å². The van der Waals surface area contributed by atoms with Crippen LogP contribution in [0.5, 0.6) is 0 Å². The van der Waals surface area contributed by atoms with Crippen molar-refractivity contribution in [2.24, 2.45) is 5.73 Å². The van der Waals surface area contributed by atoms with Crippen molar-refractivity contribution in [2.75, 3.05) is 13.1 Å². The maximum atomic E-state index is 12.1. The zero-order chi connectivity index (χ0) is 15.5. The number of rotatable bonds is 4. The summed E-state index contributed by atoms with van der Waals surface area (Å²) in [5.41, 5.74) is 4.46. The smallest absolute Gasteiger partial charge is 0.326 e. The van der Waals surface area contributed by atoms with Crippen molar-refractivity contribution in [3.8, 4) is 0 Å².